The van der Waals surface area contributed by atoms with Gasteiger partial charge in [-0.2, -0.15) is 18.3 Å². The second kappa shape index (κ2) is 2.98. The van der Waals surface area contributed by atoms with E-state index in [9.17, 15) is 13.2 Å². The summed E-state index contributed by atoms with van der Waals surface area (Å²) in [7, 11) is 0. The highest BCUT2D eigenvalue weighted by Crippen LogP contribution is 2.52. The molecule has 1 unspecified atom stereocenters. The van der Waals surface area contributed by atoms with Crippen molar-refractivity contribution in [3.8, 4) is 0 Å². The molecular formula is C9H12F3N3. The summed E-state index contributed by atoms with van der Waals surface area (Å²) in [6, 6.07) is -0.281. The Morgan fingerprint density at radius 3 is 2.53 bits per heavy atom. The number of hydrogen-bond acceptors (Lipinski definition) is 2. The van der Waals surface area contributed by atoms with Gasteiger partial charge in [0, 0.05) is 17.0 Å². The molecule has 1 aliphatic carbocycles. The number of hydrogen-bond donors (Lipinski definition) is 2. The van der Waals surface area contributed by atoms with Gasteiger partial charge < -0.3 is 5.73 Å². The van der Waals surface area contributed by atoms with E-state index in [4.69, 9.17) is 5.73 Å². The molecule has 1 fully saturated rings. The van der Waals surface area contributed by atoms with Gasteiger partial charge in [0.2, 0.25) is 0 Å². The number of halogens is 3. The van der Waals surface area contributed by atoms with Crippen molar-refractivity contribution in [3.05, 3.63) is 17.5 Å². The van der Waals surface area contributed by atoms with Gasteiger partial charge in [-0.1, -0.05) is 0 Å². The van der Waals surface area contributed by atoms with E-state index in [2.05, 4.69) is 5.10 Å². The number of nitrogens with zero attached hydrogens (tertiary/aromatic N) is 1. The SMILES string of the molecule is CC(N)C1(c2cn[nH]c2C(F)(F)F)CC1. The van der Waals surface area contributed by atoms with Crippen molar-refractivity contribution in [2.24, 2.45) is 5.73 Å². The Balaban J connectivity index is 2.42. The van der Waals surface area contributed by atoms with Crippen molar-refractivity contribution in [1.29, 1.82) is 0 Å². The van der Waals surface area contributed by atoms with Crippen molar-refractivity contribution in [2.75, 3.05) is 0 Å². The molecule has 0 bridgehead atoms. The van der Waals surface area contributed by atoms with E-state index in [1.165, 1.54) is 6.20 Å². The van der Waals surface area contributed by atoms with Crippen LogP contribution in [0.1, 0.15) is 31.0 Å². The van der Waals surface area contributed by atoms with E-state index >= 15 is 0 Å². The summed E-state index contributed by atoms with van der Waals surface area (Å²) in [5.41, 5.74) is 4.67. The van der Waals surface area contributed by atoms with Crippen LogP contribution in [-0.4, -0.2) is 16.2 Å². The van der Waals surface area contributed by atoms with Crippen LogP contribution in [0.15, 0.2) is 6.20 Å². The lowest BCUT2D eigenvalue weighted by Gasteiger charge is -2.20. The van der Waals surface area contributed by atoms with Gasteiger partial charge in [0.05, 0.1) is 6.20 Å². The van der Waals surface area contributed by atoms with Gasteiger partial charge in [-0.05, 0) is 19.8 Å². The number of alkyl halides is 3. The number of aromatic amines is 1. The van der Waals surface area contributed by atoms with E-state index in [0.717, 1.165) is 0 Å². The number of H-pyrrole nitrogens is 1. The van der Waals surface area contributed by atoms with Gasteiger partial charge in [0.1, 0.15) is 5.69 Å². The largest absolute Gasteiger partial charge is 0.433 e. The molecular weight excluding hydrogens is 207 g/mol. The maximum absolute atomic E-state index is 12.6. The van der Waals surface area contributed by atoms with Gasteiger partial charge in [-0.3, -0.25) is 5.10 Å². The zero-order valence-electron chi connectivity index (χ0n) is 8.23. The van der Waals surface area contributed by atoms with Gasteiger partial charge >= 0.3 is 6.18 Å². The average molecular weight is 219 g/mol. The topological polar surface area (TPSA) is 54.7 Å². The normalized spacial score (nSPS) is 21.4. The van der Waals surface area contributed by atoms with Crippen LogP contribution in [0.3, 0.4) is 0 Å². The van der Waals surface area contributed by atoms with Crippen LogP contribution in [0.25, 0.3) is 0 Å². The third-order valence-corrected chi connectivity index (χ3v) is 3.12. The summed E-state index contributed by atoms with van der Waals surface area (Å²) in [5, 5.41) is 5.49. The molecule has 0 amide bonds. The molecule has 1 aliphatic rings. The third kappa shape index (κ3) is 1.52. The number of aromatic nitrogens is 2. The van der Waals surface area contributed by atoms with Gasteiger partial charge in [0.25, 0.3) is 0 Å². The van der Waals surface area contributed by atoms with E-state index in [-0.39, 0.29) is 11.6 Å². The third-order valence-electron chi connectivity index (χ3n) is 3.12. The predicted molar refractivity (Wildman–Crippen MR) is 48.2 cm³/mol. The van der Waals surface area contributed by atoms with Crippen LogP contribution in [0.4, 0.5) is 13.2 Å². The molecule has 0 aromatic carbocycles. The maximum Gasteiger partial charge on any atom is 0.433 e. The summed E-state index contributed by atoms with van der Waals surface area (Å²) in [6.45, 7) is 1.74. The highest BCUT2D eigenvalue weighted by atomic mass is 19.4. The minimum atomic E-state index is -4.38. The van der Waals surface area contributed by atoms with Gasteiger partial charge in [-0.15, -0.1) is 0 Å². The fraction of sp³-hybridized carbons (Fsp3) is 0.667. The zero-order valence-corrected chi connectivity index (χ0v) is 8.23. The second-order valence-electron chi connectivity index (χ2n) is 4.10. The lowest BCUT2D eigenvalue weighted by atomic mass is 9.89. The Bertz CT molecular complexity index is 363. The molecule has 1 aromatic rings. The second-order valence-corrected chi connectivity index (χ2v) is 4.10. The quantitative estimate of drug-likeness (QED) is 0.797. The molecule has 0 spiro atoms. The van der Waals surface area contributed by atoms with Gasteiger partial charge in [-0.25, -0.2) is 0 Å². The summed E-state index contributed by atoms with van der Waals surface area (Å²) in [6.07, 6.45) is -1.73. The van der Waals surface area contributed by atoms with E-state index < -0.39 is 17.3 Å². The number of nitrogens with two attached hydrogens (primary N) is 1. The van der Waals surface area contributed by atoms with Crippen molar-refractivity contribution < 1.29 is 13.2 Å². The molecule has 0 radical (unpaired) electrons. The first-order valence-electron chi connectivity index (χ1n) is 4.74. The lowest BCUT2D eigenvalue weighted by molar-refractivity contribution is -0.142. The predicted octanol–water partition coefficient (Wildman–Crippen LogP) is 1.81. The molecule has 0 aliphatic heterocycles. The Morgan fingerprint density at radius 2 is 2.13 bits per heavy atom. The minimum Gasteiger partial charge on any atom is -0.327 e. The van der Waals surface area contributed by atoms with Crippen LogP contribution < -0.4 is 5.73 Å². The van der Waals surface area contributed by atoms with Crippen molar-refractivity contribution in [2.45, 2.75) is 37.4 Å². The molecule has 3 N–H and O–H groups in total. The molecule has 3 nitrogen and oxygen atoms in total. The first kappa shape index (κ1) is 10.5. The number of rotatable bonds is 2. The van der Waals surface area contributed by atoms with Crippen molar-refractivity contribution in [3.63, 3.8) is 0 Å². The fourth-order valence-electron chi connectivity index (χ4n) is 1.98. The molecule has 2 rings (SSSR count). The van der Waals surface area contributed by atoms with E-state index in [1.807, 2.05) is 5.10 Å². The molecule has 15 heavy (non-hydrogen) atoms. The van der Waals surface area contributed by atoms with Crippen LogP contribution in [0.2, 0.25) is 0 Å². The molecule has 1 aromatic heterocycles. The minimum absolute atomic E-state index is 0.213. The zero-order chi connectivity index (χ0) is 11.3. The van der Waals surface area contributed by atoms with Crippen molar-refractivity contribution in [1.82, 2.24) is 10.2 Å². The summed E-state index contributed by atoms with van der Waals surface area (Å²) >= 11 is 0. The summed E-state index contributed by atoms with van der Waals surface area (Å²) in [5.74, 6) is 0. The molecule has 6 heteroatoms. The number of nitrogens with one attached hydrogen (secondary N) is 1. The molecule has 0 saturated heterocycles. The lowest BCUT2D eigenvalue weighted by Crippen LogP contribution is -2.33. The first-order chi connectivity index (χ1) is 6.88. The smallest absolute Gasteiger partial charge is 0.327 e. The fourth-order valence-corrected chi connectivity index (χ4v) is 1.98. The Morgan fingerprint density at radius 1 is 1.53 bits per heavy atom. The van der Waals surface area contributed by atoms with E-state index in [0.29, 0.717) is 12.8 Å². The van der Waals surface area contributed by atoms with E-state index in [1.54, 1.807) is 6.92 Å². The monoisotopic (exact) mass is 219 g/mol. The standard InChI is InChI=1S/C9H12F3N3/c1-5(13)8(2-3-8)6-4-14-15-7(6)9(10,11)12/h4-5H,2-3,13H2,1H3,(H,14,15). The highest BCUT2D eigenvalue weighted by molar-refractivity contribution is 5.36. The van der Waals surface area contributed by atoms with Crippen LogP contribution in [-0.2, 0) is 11.6 Å². The van der Waals surface area contributed by atoms with Crippen LogP contribution in [0.5, 0.6) is 0 Å². The maximum atomic E-state index is 12.6. The molecule has 1 saturated carbocycles. The van der Waals surface area contributed by atoms with Crippen LogP contribution in [0, 0.1) is 0 Å². The van der Waals surface area contributed by atoms with Crippen molar-refractivity contribution >= 4 is 0 Å². The van der Waals surface area contributed by atoms with Crippen LogP contribution >= 0.6 is 0 Å². The average Bonchev–Trinajstić information content (AvgIpc) is 2.75. The Hall–Kier alpha value is -1.04. The molecule has 84 valence electrons. The summed E-state index contributed by atoms with van der Waals surface area (Å²) in [4.78, 5) is 0. The Kier molecular flexibility index (Phi) is 2.08. The summed E-state index contributed by atoms with van der Waals surface area (Å²) < 4.78 is 37.8. The highest BCUT2D eigenvalue weighted by Gasteiger charge is 2.52. The first-order valence-corrected chi connectivity index (χ1v) is 4.74. The molecule has 1 atom stereocenters. The Labute approximate surface area is 84.8 Å². The molecule has 1 heterocycles. The van der Waals surface area contributed by atoms with Gasteiger partial charge in [0.15, 0.2) is 0 Å².